The molecule has 5 nitrogen and oxygen atoms in total. The number of benzene rings is 2. The van der Waals surface area contributed by atoms with Gasteiger partial charge in [0, 0.05) is 6.92 Å². The van der Waals surface area contributed by atoms with E-state index in [1.165, 1.54) is 21.1 Å². The van der Waals surface area contributed by atoms with Crippen molar-refractivity contribution in [2.45, 2.75) is 6.92 Å². The molecule has 0 heterocycles. The summed E-state index contributed by atoms with van der Waals surface area (Å²) in [6.07, 6.45) is 3.88. The summed E-state index contributed by atoms with van der Waals surface area (Å²) in [5.74, 6) is 1.50. The maximum atomic E-state index is 11.2. The van der Waals surface area contributed by atoms with Crippen molar-refractivity contribution in [3.05, 3.63) is 47.5 Å². The number of carbonyl (C=O) groups is 1. The Kier molecular flexibility index (Phi) is 5.84. The molecule has 0 radical (unpaired) electrons. The number of rotatable bonds is 6. The molecule has 2 aromatic carbocycles. The summed E-state index contributed by atoms with van der Waals surface area (Å²) >= 11 is 0. The smallest absolute Gasteiger partial charge is 0.308 e. The van der Waals surface area contributed by atoms with Gasteiger partial charge in [0.2, 0.25) is 5.75 Å². The molecule has 5 heteroatoms. The van der Waals surface area contributed by atoms with Gasteiger partial charge in [0.25, 0.3) is 0 Å². The molecule has 0 fully saturated rings. The van der Waals surface area contributed by atoms with Gasteiger partial charge in [0.15, 0.2) is 11.5 Å². The standard InChI is InChI=1S/C19H20O5/c1-13(20)24-19-17(22-3)11-15(12-18(19)23-4)6-5-14-7-9-16(21-2)10-8-14/h5-12H,1-4H3/b6-5-. The maximum Gasteiger partial charge on any atom is 0.308 e. The second-order valence-electron chi connectivity index (χ2n) is 4.95. The number of ether oxygens (including phenoxy) is 4. The van der Waals surface area contributed by atoms with Crippen LogP contribution in [-0.2, 0) is 4.79 Å². The molecule has 0 aliphatic heterocycles. The topological polar surface area (TPSA) is 54.0 Å². The van der Waals surface area contributed by atoms with E-state index in [-0.39, 0.29) is 5.75 Å². The lowest BCUT2D eigenvalue weighted by molar-refractivity contribution is -0.132. The van der Waals surface area contributed by atoms with Gasteiger partial charge in [-0.25, -0.2) is 0 Å². The number of hydrogen-bond donors (Lipinski definition) is 0. The highest BCUT2D eigenvalue weighted by Gasteiger charge is 2.15. The molecule has 0 spiro atoms. The van der Waals surface area contributed by atoms with Crippen LogP contribution >= 0.6 is 0 Å². The molecule has 2 aromatic rings. The van der Waals surface area contributed by atoms with Crippen LogP contribution in [0.25, 0.3) is 12.2 Å². The highest BCUT2D eigenvalue weighted by atomic mass is 16.6. The Morgan fingerprint density at radius 2 is 1.38 bits per heavy atom. The van der Waals surface area contributed by atoms with E-state index in [2.05, 4.69) is 0 Å². The fourth-order valence-corrected chi connectivity index (χ4v) is 2.15. The molecule has 126 valence electrons. The second-order valence-corrected chi connectivity index (χ2v) is 4.95. The van der Waals surface area contributed by atoms with E-state index in [4.69, 9.17) is 18.9 Å². The number of esters is 1. The van der Waals surface area contributed by atoms with Gasteiger partial charge in [-0.05, 0) is 35.4 Å². The maximum absolute atomic E-state index is 11.2. The predicted molar refractivity (Wildman–Crippen MR) is 92.8 cm³/mol. The molecule has 0 saturated heterocycles. The number of carbonyl (C=O) groups excluding carboxylic acids is 1. The fraction of sp³-hybridized carbons (Fsp3) is 0.211. The summed E-state index contributed by atoms with van der Waals surface area (Å²) in [5.41, 5.74) is 1.88. The molecular weight excluding hydrogens is 308 g/mol. The Bertz CT molecular complexity index is 707. The first-order valence-electron chi connectivity index (χ1n) is 7.34. The normalized spacial score (nSPS) is 10.5. The van der Waals surface area contributed by atoms with Gasteiger partial charge in [0.05, 0.1) is 21.3 Å². The zero-order valence-corrected chi connectivity index (χ0v) is 14.2. The lowest BCUT2D eigenvalue weighted by Crippen LogP contribution is -2.05. The Hall–Kier alpha value is -2.95. The van der Waals surface area contributed by atoms with Crippen molar-refractivity contribution in [1.82, 2.24) is 0 Å². The van der Waals surface area contributed by atoms with Crippen molar-refractivity contribution < 1.29 is 23.7 Å². The molecule has 0 amide bonds. The van der Waals surface area contributed by atoms with E-state index in [0.29, 0.717) is 11.5 Å². The van der Waals surface area contributed by atoms with Gasteiger partial charge < -0.3 is 18.9 Å². The average Bonchev–Trinajstić information content (AvgIpc) is 2.60. The fourth-order valence-electron chi connectivity index (χ4n) is 2.15. The van der Waals surface area contributed by atoms with Crippen molar-refractivity contribution in [3.63, 3.8) is 0 Å². The second kappa shape index (κ2) is 8.06. The molecule has 0 saturated carbocycles. The van der Waals surface area contributed by atoms with Gasteiger partial charge in [-0.3, -0.25) is 4.79 Å². The molecule has 0 bridgehead atoms. The first kappa shape index (κ1) is 17.4. The minimum absolute atomic E-state index is 0.272. The molecule has 0 aliphatic carbocycles. The quantitative estimate of drug-likeness (QED) is 0.458. The Morgan fingerprint density at radius 1 is 0.833 bits per heavy atom. The van der Waals surface area contributed by atoms with Crippen molar-refractivity contribution >= 4 is 18.1 Å². The summed E-state index contributed by atoms with van der Waals surface area (Å²) in [6.45, 7) is 1.33. The van der Waals surface area contributed by atoms with Crippen molar-refractivity contribution in [1.29, 1.82) is 0 Å². The molecule has 0 unspecified atom stereocenters. The highest BCUT2D eigenvalue weighted by Crippen LogP contribution is 2.39. The predicted octanol–water partition coefficient (Wildman–Crippen LogP) is 3.81. The molecule has 2 rings (SSSR count). The van der Waals surface area contributed by atoms with E-state index in [0.717, 1.165) is 16.9 Å². The van der Waals surface area contributed by atoms with E-state index in [1.807, 2.05) is 36.4 Å². The summed E-state index contributed by atoms with van der Waals surface area (Å²) in [5, 5.41) is 0. The van der Waals surface area contributed by atoms with Crippen LogP contribution < -0.4 is 18.9 Å². The van der Waals surface area contributed by atoms with Crippen molar-refractivity contribution in [2.75, 3.05) is 21.3 Å². The Balaban J connectivity index is 2.32. The zero-order chi connectivity index (χ0) is 17.5. The third-order valence-corrected chi connectivity index (χ3v) is 3.31. The van der Waals surface area contributed by atoms with E-state index in [9.17, 15) is 4.79 Å². The largest absolute Gasteiger partial charge is 0.497 e. The van der Waals surface area contributed by atoms with Crippen LogP contribution in [0.5, 0.6) is 23.0 Å². The summed E-state index contributed by atoms with van der Waals surface area (Å²) in [6, 6.07) is 11.3. The van der Waals surface area contributed by atoms with E-state index < -0.39 is 5.97 Å². The molecular formula is C19H20O5. The Morgan fingerprint density at radius 3 is 1.83 bits per heavy atom. The van der Waals surface area contributed by atoms with Crippen LogP contribution in [0.3, 0.4) is 0 Å². The zero-order valence-electron chi connectivity index (χ0n) is 14.2. The van der Waals surface area contributed by atoms with Crippen LogP contribution in [-0.4, -0.2) is 27.3 Å². The van der Waals surface area contributed by atoms with Gasteiger partial charge in [-0.15, -0.1) is 0 Å². The lowest BCUT2D eigenvalue weighted by atomic mass is 10.1. The third kappa shape index (κ3) is 4.29. The number of hydrogen-bond acceptors (Lipinski definition) is 5. The first-order chi connectivity index (χ1) is 11.6. The number of methoxy groups -OCH3 is 3. The van der Waals surface area contributed by atoms with Crippen LogP contribution in [0, 0.1) is 0 Å². The van der Waals surface area contributed by atoms with Crippen molar-refractivity contribution in [3.8, 4) is 23.0 Å². The molecule has 0 N–H and O–H groups in total. The van der Waals surface area contributed by atoms with E-state index in [1.54, 1.807) is 19.2 Å². The SMILES string of the molecule is COc1ccc(/C=C\c2cc(OC)c(OC(C)=O)c(OC)c2)cc1. The van der Waals surface area contributed by atoms with Gasteiger partial charge in [-0.2, -0.15) is 0 Å². The first-order valence-corrected chi connectivity index (χ1v) is 7.34. The third-order valence-electron chi connectivity index (χ3n) is 3.31. The van der Waals surface area contributed by atoms with Gasteiger partial charge >= 0.3 is 5.97 Å². The van der Waals surface area contributed by atoms with Crippen LogP contribution in [0.4, 0.5) is 0 Å². The minimum atomic E-state index is -0.437. The minimum Gasteiger partial charge on any atom is -0.497 e. The van der Waals surface area contributed by atoms with E-state index >= 15 is 0 Å². The van der Waals surface area contributed by atoms with Crippen molar-refractivity contribution in [2.24, 2.45) is 0 Å². The summed E-state index contributed by atoms with van der Waals surface area (Å²) in [4.78, 5) is 11.2. The van der Waals surface area contributed by atoms with Crippen LogP contribution in [0.2, 0.25) is 0 Å². The monoisotopic (exact) mass is 328 g/mol. The van der Waals surface area contributed by atoms with Crippen LogP contribution in [0.15, 0.2) is 36.4 Å². The van der Waals surface area contributed by atoms with Gasteiger partial charge in [0.1, 0.15) is 5.75 Å². The van der Waals surface area contributed by atoms with Gasteiger partial charge in [-0.1, -0.05) is 24.3 Å². The highest BCUT2D eigenvalue weighted by molar-refractivity contribution is 5.76. The average molecular weight is 328 g/mol. The lowest BCUT2D eigenvalue weighted by Gasteiger charge is -2.13. The molecule has 0 atom stereocenters. The Labute approximate surface area is 141 Å². The van der Waals surface area contributed by atoms with Crippen LogP contribution in [0.1, 0.15) is 18.1 Å². The summed E-state index contributed by atoms with van der Waals surface area (Å²) in [7, 11) is 4.66. The molecule has 0 aromatic heterocycles. The molecule has 24 heavy (non-hydrogen) atoms. The summed E-state index contributed by atoms with van der Waals surface area (Å²) < 4.78 is 20.9. The molecule has 0 aliphatic rings.